The number of aromatic nitrogens is 2. The van der Waals surface area contributed by atoms with Crippen molar-refractivity contribution in [3.63, 3.8) is 0 Å². The summed E-state index contributed by atoms with van der Waals surface area (Å²) < 4.78 is 1.14. The van der Waals surface area contributed by atoms with Crippen LogP contribution in [-0.4, -0.2) is 20.6 Å². The SMILES string of the molecule is O=C(O)Cn1c(=O)ncc2ccccc21. The molecule has 1 aromatic heterocycles. The molecule has 5 heteroatoms. The second-order valence-electron chi connectivity index (χ2n) is 3.08. The molecule has 0 saturated carbocycles. The van der Waals surface area contributed by atoms with Crippen LogP contribution >= 0.6 is 0 Å². The lowest BCUT2D eigenvalue weighted by Crippen LogP contribution is -2.26. The third kappa shape index (κ3) is 1.71. The summed E-state index contributed by atoms with van der Waals surface area (Å²) in [7, 11) is 0. The van der Waals surface area contributed by atoms with Crippen molar-refractivity contribution in [2.24, 2.45) is 0 Å². The molecule has 1 heterocycles. The van der Waals surface area contributed by atoms with Gasteiger partial charge >= 0.3 is 11.7 Å². The Bertz CT molecular complexity index is 574. The number of fused-ring (bicyclic) bond motifs is 1. The Morgan fingerprint density at radius 3 is 2.87 bits per heavy atom. The zero-order chi connectivity index (χ0) is 10.8. The van der Waals surface area contributed by atoms with Crippen molar-refractivity contribution >= 4 is 16.9 Å². The third-order valence-electron chi connectivity index (χ3n) is 2.07. The summed E-state index contributed by atoms with van der Waals surface area (Å²) in [5.41, 5.74) is 0.0380. The molecule has 0 bridgehead atoms. The fourth-order valence-corrected chi connectivity index (χ4v) is 1.43. The summed E-state index contributed by atoms with van der Waals surface area (Å²) in [6.07, 6.45) is 1.44. The minimum absolute atomic E-state index is 0.368. The summed E-state index contributed by atoms with van der Waals surface area (Å²) in [6.45, 7) is -0.368. The highest BCUT2D eigenvalue weighted by molar-refractivity contribution is 5.79. The number of aliphatic carboxylic acids is 1. The highest BCUT2D eigenvalue weighted by Gasteiger charge is 2.06. The maximum Gasteiger partial charge on any atom is 0.348 e. The van der Waals surface area contributed by atoms with E-state index >= 15 is 0 Å². The smallest absolute Gasteiger partial charge is 0.348 e. The molecule has 0 saturated heterocycles. The Morgan fingerprint density at radius 1 is 1.40 bits per heavy atom. The van der Waals surface area contributed by atoms with Gasteiger partial charge in [0.05, 0.1) is 5.52 Å². The van der Waals surface area contributed by atoms with Gasteiger partial charge in [-0.15, -0.1) is 0 Å². The first-order valence-corrected chi connectivity index (χ1v) is 4.35. The molecule has 0 fully saturated rings. The molecule has 15 heavy (non-hydrogen) atoms. The van der Waals surface area contributed by atoms with E-state index < -0.39 is 11.7 Å². The molecule has 0 unspecified atom stereocenters. The number of hydrogen-bond donors (Lipinski definition) is 1. The van der Waals surface area contributed by atoms with E-state index in [1.165, 1.54) is 6.20 Å². The number of carboxylic acids is 1. The summed E-state index contributed by atoms with van der Waals surface area (Å²) in [5.74, 6) is -1.06. The van der Waals surface area contributed by atoms with Crippen molar-refractivity contribution in [3.8, 4) is 0 Å². The minimum atomic E-state index is -1.06. The maximum atomic E-state index is 11.4. The highest BCUT2D eigenvalue weighted by atomic mass is 16.4. The van der Waals surface area contributed by atoms with E-state index in [2.05, 4.69) is 4.98 Å². The Kier molecular flexibility index (Phi) is 2.21. The van der Waals surface area contributed by atoms with Crippen molar-refractivity contribution in [2.45, 2.75) is 6.54 Å². The summed E-state index contributed by atoms with van der Waals surface area (Å²) in [4.78, 5) is 25.5. The van der Waals surface area contributed by atoms with Crippen molar-refractivity contribution in [2.75, 3.05) is 0 Å². The van der Waals surface area contributed by atoms with Crippen LogP contribution in [0.3, 0.4) is 0 Å². The molecule has 2 rings (SSSR count). The van der Waals surface area contributed by atoms with Gasteiger partial charge in [0.2, 0.25) is 0 Å². The quantitative estimate of drug-likeness (QED) is 0.772. The zero-order valence-electron chi connectivity index (χ0n) is 7.75. The number of hydrogen-bond acceptors (Lipinski definition) is 3. The topological polar surface area (TPSA) is 72.2 Å². The first-order valence-electron chi connectivity index (χ1n) is 4.35. The normalized spacial score (nSPS) is 10.4. The number of benzene rings is 1. The average Bonchev–Trinajstić information content (AvgIpc) is 2.22. The van der Waals surface area contributed by atoms with E-state index in [9.17, 15) is 9.59 Å². The van der Waals surface area contributed by atoms with Crippen LogP contribution in [0.25, 0.3) is 10.9 Å². The first kappa shape index (κ1) is 9.39. The average molecular weight is 204 g/mol. The van der Waals surface area contributed by atoms with Crippen molar-refractivity contribution in [1.29, 1.82) is 0 Å². The van der Waals surface area contributed by atoms with Crippen molar-refractivity contribution < 1.29 is 9.90 Å². The Morgan fingerprint density at radius 2 is 2.13 bits per heavy atom. The van der Waals surface area contributed by atoms with Gasteiger partial charge in [-0.25, -0.2) is 9.78 Å². The summed E-state index contributed by atoms with van der Waals surface area (Å²) in [5, 5.41) is 9.41. The predicted molar refractivity (Wildman–Crippen MR) is 53.6 cm³/mol. The second kappa shape index (κ2) is 3.53. The Labute approximate surface area is 84.6 Å². The third-order valence-corrected chi connectivity index (χ3v) is 2.07. The monoisotopic (exact) mass is 204 g/mol. The highest BCUT2D eigenvalue weighted by Crippen LogP contribution is 2.09. The van der Waals surface area contributed by atoms with Crippen LogP contribution in [0.4, 0.5) is 0 Å². The summed E-state index contributed by atoms with van der Waals surface area (Å²) >= 11 is 0. The second-order valence-corrected chi connectivity index (χ2v) is 3.08. The van der Waals surface area contributed by atoms with Crippen LogP contribution in [0.5, 0.6) is 0 Å². The van der Waals surface area contributed by atoms with E-state index in [0.29, 0.717) is 5.52 Å². The molecular weight excluding hydrogens is 196 g/mol. The van der Waals surface area contributed by atoms with Crippen LogP contribution in [0, 0.1) is 0 Å². The molecular formula is C10H8N2O3. The number of carboxylic acid groups (broad SMARTS) is 1. The van der Waals surface area contributed by atoms with Gasteiger partial charge in [-0.1, -0.05) is 18.2 Å². The van der Waals surface area contributed by atoms with Gasteiger partial charge in [0.25, 0.3) is 0 Å². The fourth-order valence-electron chi connectivity index (χ4n) is 1.43. The molecule has 0 atom stereocenters. The van der Waals surface area contributed by atoms with E-state index in [0.717, 1.165) is 9.95 Å². The molecule has 0 amide bonds. The molecule has 0 aliphatic carbocycles. The van der Waals surface area contributed by atoms with Crippen molar-refractivity contribution in [3.05, 3.63) is 40.9 Å². The van der Waals surface area contributed by atoms with E-state index in [-0.39, 0.29) is 6.54 Å². The molecule has 0 radical (unpaired) electrons. The standard InChI is InChI=1S/C10H8N2O3/c13-9(14)6-12-8-4-2-1-3-7(8)5-11-10(12)15/h1-5H,6H2,(H,13,14). The zero-order valence-corrected chi connectivity index (χ0v) is 7.75. The largest absolute Gasteiger partial charge is 0.480 e. The van der Waals surface area contributed by atoms with Gasteiger partial charge in [-0.2, -0.15) is 0 Å². The van der Waals surface area contributed by atoms with Gasteiger partial charge in [0.15, 0.2) is 0 Å². The number of rotatable bonds is 2. The fraction of sp³-hybridized carbons (Fsp3) is 0.100. The lowest BCUT2D eigenvalue weighted by atomic mass is 10.2. The van der Waals surface area contributed by atoms with Crippen LogP contribution in [0.15, 0.2) is 35.3 Å². The molecule has 0 spiro atoms. The van der Waals surface area contributed by atoms with Crippen LogP contribution in [0.2, 0.25) is 0 Å². The Hall–Kier alpha value is -2.17. The molecule has 1 N–H and O–H groups in total. The van der Waals surface area contributed by atoms with E-state index in [1.54, 1.807) is 24.3 Å². The van der Waals surface area contributed by atoms with Crippen LogP contribution in [0.1, 0.15) is 0 Å². The molecule has 0 aliphatic heterocycles. The number of nitrogens with zero attached hydrogens (tertiary/aromatic N) is 2. The van der Waals surface area contributed by atoms with Gasteiger partial charge in [0, 0.05) is 11.6 Å². The first-order chi connectivity index (χ1) is 7.18. The van der Waals surface area contributed by atoms with Gasteiger partial charge in [-0.05, 0) is 6.07 Å². The molecule has 5 nitrogen and oxygen atoms in total. The van der Waals surface area contributed by atoms with Gasteiger partial charge in [-0.3, -0.25) is 9.36 Å². The predicted octanol–water partition coefficient (Wildman–Crippen LogP) is 0.481. The number of para-hydroxylation sites is 1. The lowest BCUT2D eigenvalue weighted by Gasteiger charge is -2.05. The molecule has 0 aliphatic rings. The van der Waals surface area contributed by atoms with Crippen LogP contribution < -0.4 is 5.69 Å². The number of carbonyl (C=O) groups is 1. The van der Waals surface area contributed by atoms with E-state index in [1.807, 2.05) is 0 Å². The van der Waals surface area contributed by atoms with Crippen LogP contribution in [-0.2, 0) is 11.3 Å². The summed E-state index contributed by atoms with van der Waals surface area (Å²) in [6, 6.07) is 7.03. The molecule has 1 aromatic carbocycles. The van der Waals surface area contributed by atoms with Gasteiger partial charge in [0.1, 0.15) is 6.54 Å². The molecule has 2 aromatic rings. The van der Waals surface area contributed by atoms with Crippen molar-refractivity contribution in [1.82, 2.24) is 9.55 Å². The maximum absolute atomic E-state index is 11.4. The minimum Gasteiger partial charge on any atom is -0.480 e. The Balaban J connectivity index is 2.74. The van der Waals surface area contributed by atoms with Gasteiger partial charge < -0.3 is 5.11 Å². The van der Waals surface area contributed by atoms with E-state index in [4.69, 9.17) is 5.11 Å². The lowest BCUT2D eigenvalue weighted by molar-refractivity contribution is -0.137. The molecule has 76 valence electrons.